The van der Waals surface area contributed by atoms with Crippen molar-refractivity contribution >= 4 is 45.0 Å². The summed E-state index contributed by atoms with van der Waals surface area (Å²) in [7, 11) is 0. The fourth-order valence-electron chi connectivity index (χ4n) is 3.07. The third-order valence-electron chi connectivity index (χ3n) is 4.35. The first-order valence-corrected chi connectivity index (χ1v) is 9.82. The van der Waals surface area contributed by atoms with Gasteiger partial charge >= 0.3 is 0 Å². The molecule has 0 saturated carbocycles. The highest BCUT2D eigenvalue weighted by Crippen LogP contribution is 2.24. The minimum atomic E-state index is -0.0577. The van der Waals surface area contributed by atoms with Crippen LogP contribution in [0.4, 0.5) is 0 Å². The van der Waals surface area contributed by atoms with Gasteiger partial charge in [0.1, 0.15) is 11.5 Å². The predicted octanol–water partition coefficient (Wildman–Crippen LogP) is 4.90. The fraction of sp³-hybridized carbons (Fsp3) is 0. The number of hydrogen-bond acceptors (Lipinski definition) is 4. The lowest BCUT2D eigenvalue weighted by atomic mass is 10.2. The molecular formula is C22H13ClN2O2S. The van der Waals surface area contributed by atoms with Crippen molar-refractivity contribution in [2.45, 2.75) is 0 Å². The van der Waals surface area contributed by atoms with Gasteiger partial charge in [0.25, 0.3) is 5.56 Å². The maximum Gasteiger partial charge on any atom is 0.274 e. The van der Waals surface area contributed by atoms with Crippen LogP contribution >= 0.6 is 22.9 Å². The van der Waals surface area contributed by atoms with Crippen LogP contribution in [0, 0.1) is 0 Å². The van der Waals surface area contributed by atoms with Gasteiger partial charge in [0, 0.05) is 5.02 Å². The van der Waals surface area contributed by atoms with Crippen LogP contribution in [0.3, 0.4) is 0 Å². The molecule has 5 rings (SSSR count). The van der Waals surface area contributed by atoms with Crippen molar-refractivity contribution in [1.82, 2.24) is 9.38 Å². The summed E-state index contributed by atoms with van der Waals surface area (Å²) in [5.41, 5.74) is 2.49. The Morgan fingerprint density at radius 1 is 0.964 bits per heavy atom. The van der Waals surface area contributed by atoms with Crippen LogP contribution in [0.25, 0.3) is 22.1 Å². The number of ether oxygens (including phenoxy) is 1. The van der Waals surface area contributed by atoms with Crippen molar-refractivity contribution in [2.24, 2.45) is 0 Å². The zero-order valence-electron chi connectivity index (χ0n) is 14.5. The van der Waals surface area contributed by atoms with Crippen molar-refractivity contribution in [3.63, 3.8) is 0 Å². The largest absolute Gasteiger partial charge is 0.457 e. The second kappa shape index (κ2) is 6.78. The van der Waals surface area contributed by atoms with Gasteiger partial charge in [0.2, 0.25) is 0 Å². The topological polar surface area (TPSA) is 43.6 Å². The molecule has 5 aromatic rings. The van der Waals surface area contributed by atoms with E-state index in [9.17, 15) is 4.79 Å². The maximum absolute atomic E-state index is 12.9. The average molecular weight is 405 g/mol. The van der Waals surface area contributed by atoms with E-state index in [1.807, 2.05) is 66.7 Å². The molecule has 0 fully saturated rings. The molecule has 0 aliphatic carbocycles. The molecule has 6 heteroatoms. The quantitative estimate of drug-likeness (QED) is 0.429. The van der Waals surface area contributed by atoms with Crippen molar-refractivity contribution in [2.75, 3.05) is 0 Å². The molecule has 0 spiro atoms. The van der Waals surface area contributed by atoms with Gasteiger partial charge in [0.05, 0.1) is 15.6 Å². The fourth-order valence-corrected chi connectivity index (χ4v) is 4.18. The van der Waals surface area contributed by atoms with E-state index in [1.165, 1.54) is 11.3 Å². The summed E-state index contributed by atoms with van der Waals surface area (Å²) < 4.78 is 8.18. The summed E-state index contributed by atoms with van der Waals surface area (Å²) in [6.45, 7) is 0. The lowest BCUT2D eigenvalue weighted by molar-refractivity contribution is 0.482. The lowest BCUT2D eigenvalue weighted by Gasteiger charge is -2.06. The van der Waals surface area contributed by atoms with E-state index in [2.05, 4.69) is 4.98 Å². The molecule has 0 aliphatic rings. The first-order chi connectivity index (χ1) is 13.7. The Kier molecular flexibility index (Phi) is 4.11. The van der Waals surface area contributed by atoms with Crippen LogP contribution in [-0.2, 0) is 0 Å². The number of thiazole rings is 1. The minimum absolute atomic E-state index is 0.0577. The molecule has 28 heavy (non-hydrogen) atoms. The van der Waals surface area contributed by atoms with E-state index in [0.29, 0.717) is 26.0 Å². The average Bonchev–Trinajstić information content (AvgIpc) is 3.20. The lowest BCUT2D eigenvalue weighted by Crippen LogP contribution is -2.22. The zero-order valence-corrected chi connectivity index (χ0v) is 16.1. The number of fused-ring (bicyclic) bond motifs is 3. The zero-order chi connectivity index (χ0) is 19.1. The molecule has 4 nitrogen and oxygen atoms in total. The molecule has 3 aromatic carbocycles. The highest BCUT2D eigenvalue weighted by molar-refractivity contribution is 7.15. The van der Waals surface area contributed by atoms with Gasteiger partial charge in [-0.1, -0.05) is 47.2 Å². The Balaban J connectivity index is 1.55. The number of benzene rings is 3. The van der Waals surface area contributed by atoms with Gasteiger partial charge in [-0.3, -0.25) is 4.79 Å². The number of hydrogen-bond donors (Lipinski definition) is 0. The number of nitrogens with zero attached hydrogens (tertiary/aromatic N) is 2. The molecule has 0 aliphatic heterocycles. The highest BCUT2D eigenvalue weighted by atomic mass is 35.5. The van der Waals surface area contributed by atoms with Crippen molar-refractivity contribution in [3.05, 3.63) is 98.3 Å². The summed E-state index contributed by atoms with van der Waals surface area (Å²) in [5.74, 6) is 1.39. The molecule has 0 unspecified atom stereocenters. The molecule has 2 heterocycles. The molecule has 136 valence electrons. The van der Waals surface area contributed by atoms with Crippen LogP contribution in [-0.4, -0.2) is 9.38 Å². The van der Waals surface area contributed by atoms with E-state index >= 15 is 0 Å². The second-order valence-electron chi connectivity index (χ2n) is 6.26. The molecule has 0 saturated heterocycles. The third kappa shape index (κ3) is 3.05. The van der Waals surface area contributed by atoms with E-state index in [4.69, 9.17) is 16.3 Å². The van der Waals surface area contributed by atoms with Gasteiger partial charge in [-0.05, 0) is 60.2 Å². The Morgan fingerprint density at radius 2 is 1.79 bits per heavy atom. The van der Waals surface area contributed by atoms with Crippen LogP contribution in [0.5, 0.6) is 11.5 Å². The Labute approximate surface area is 168 Å². The number of imidazole rings is 1. The van der Waals surface area contributed by atoms with Gasteiger partial charge in [-0.15, -0.1) is 0 Å². The standard InChI is InChI=1S/C22H13ClN2O2S/c23-15-8-10-16(11-9-15)27-17-5-3-4-14(12-17)13-20-21(26)25-19-7-2-1-6-18(19)24-22(25)28-20/h1-13H. The Morgan fingerprint density at radius 3 is 2.64 bits per heavy atom. The number of rotatable bonds is 3. The Bertz CT molecular complexity index is 1420. The van der Waals surface area contributed by atoms with E-state index in [0.717, 1.165) is 16.6 Å². The van der Waals surface area contributed by atoms with E-state index < -0.39 is 0 Å². The van der Waals surface area contributed by atoms with Crippen molar-refractivity contribution in [3.8, 4) is 11.5 Å². The van der Waals surface area contributed by atoms with Crippen LogP contribution < -0.4 is 14.8 Å². The number of aromatic nitrogens is 2. The van der Waals surface area contributed by atoms with Gasteiger partial charge < -0.3 is 4.74 Å². The summed E-state index contributed by atoms with van der Waals surface area (Å²) >= 11 is 7.29. The molecule has 0 amide bonds. The molecule has 0 radical (unpaired) electrons. The summed E-state index contributed by atoms with van der Waals surface area (Å²) in [5, 5.41) is 0.660. The van der Waals surface area contributed by atoms with Crippen molar-refractivity contribution < 1.29 is 4.74 Å². The van der Waals surface area contributed by atoms with Gasteiger partial charge in [0.15, 0.2) is 4.96 Å². The van der Waals surface area contributed by atoms with Crippen LogP contribution in [0.15, 0.2) is 77.6 Å². The summed E-state index contributed by atoms with van der Waals surface area (Å²) in [6.07, 6.45) is 1.87. The van der Waals surface area contributed by atoms with Gasteiger partial charge in [-0.2, -0.15) is 0 Å². The monoisotopic (exact) mass is 404 g/mol. The van der Waals surface area contributed by atoms with Gasteiger partial charge in [-0.25, -0.2) is 9.38 Å². The third-order valence-corrected chi connectivity index (χ3v) is 5.57. The number of halogens is 1. The Hall–Kier alpha value is -3.15. The van der Waals surface area contributed by atoms with Crippen LogP contribution in [0.2, 0.25) is 5.02 Å². The maximum atomic E-state index is 12.9. The highest BCUT2D eigenvalue weighted by Gasteiger charge is 2.10. The normalized spacial score (nSPS) is 12.1. The first-order valence-electron chi connectivity index (χ1n) is 8.63. The molecular weight excluding hydrogens is 392 g/mol. The molecule has 0 N–H and O–H groups in total. The predicted molar refractivity (Wildman–Crippen MR) is 114 cm³/mol. The van der Waals surface area contributed by atoms with E-state index in [1.54, 1.807) is 16.5 Å². The summed E-state index contributed by atoms with van der Waals surface area (Å²) in [6, 6.07) is 22.4. The van der Waals surface area contributed by atoms with Crippen LogP contribution in [0.1, 0.15) is 5.56 Å². The second-order valence-corrected chi connectivity index (χ2v) is 7.71. The first kappa shape index (κ1) is 17.0. The SMILES string of the molecule is O=c1c(=Cc2cccc(Oc3ccc(Cl)cc3)c2)sc2nc3ccccc3n12. The molecule has 0 atom stereocenters. The van der Waals surface area contributed by atoms with Crippen molar-refractivity contribution in [1.29, 1.82) is 0 Å². The van der Waals surface area contributed by atoms with E-state index in [-0.39, 0.29) is 5.56 Å². The molecule has 2 aromatic heterocycles. The number of para-hydroxylation sites is 2. The smallest absolute Gasteiger partial charge is 0.274 e. The minimum Gasteiger partial charge on any atom is -0.457 e. The molecule has 0 bridgehead atoms. The summed E-state index contributed by atoms with van der Waals surface area (Å²) in [4.78, 5) is 18.1.